The number of rotatable bonds is 3. The lowest BCUT2D eigenvalue weighted by molar-refractivity contribution is -0.139. The average Bonchev–Trinajstić information content (AvgIpc) is 2.96. The first-order valence-electron chi connectivity index (χ1n) is 8.60. The maximum Gasteiger partial charge on any atom is 0.228 e. The summed E-state index contributed by atoms with van der Waals surface area (Å²) < 4.78 is 0. The summed E-state index contributed by atoms with van der Waals surface area (Å²) in [5, 5.41) is 0.533. The standard InChI is InChI=1S/C18H24ClN3O2/c1-12(20)15-7-4-5-9-21(15)18(24)13-10-17(23)22(11-13)16-8-3-2-6-14(16)19/h2-3,6,8,12-13,15H,4-5,7,9-11,20H2,1H3. The van der Waals surface area contributed by atoms with E-state index in [0.717, 1.165) is 25.8 Å². The Balaban J connectivity index is 1.75. The minimum Gasteiger partial charge on any atom is -0.338 e. The van der Waals surface area contributed by atoms with E-state index in [9.17, 15) is 9.59 Å². The van der Waals surface area contributed by atoms with Crippen LogP contribution in [0.3, 0.4) is 0 Å². The number of para-hydroxylation sites is 1. The van der Waals surface area contributed by atoms with Crippen LogP contribution in [0.5, 0.6) is 0 Å². The summed E-state index contributed by atoms with van der Waals surface area (Å²) in [6.45, 7) is 3.08. The van der Waals surface area contributed by atoms with Crippen LogP contribution >= 0.6 is 11.6 Å². The minimum atomic E-state index is -0.312. The Morgan fingerprint density at radius 3 is 2.79 bits per heavy atom. The lowest BCUT2D eigenvalue weighted by Crippen LogP contribution is -2.53. The number of halogens is 1. The van der Waals surface area contributed by atoms with Crippen LogP contribution in [0.25, 0.3) is 0 Å². The zero-order valence-corrected chi connectivity index (χ0v) is 14.7. The molecule has 2 saturated heterocycles. The fourth-order valence-electron chi connectivity index (χ4n) is 3.79. The summed E-state index contributed by atoms with van der Waals surface area (Å²) in [5.74, 6) is -0.302. The molecule has 2 aliphatic rings. The van der Waals surface area contributed by atoms with Crippen molar-refractivity contribution in [1.82, 2.24) is 4.90 Å². The number of piperidine rings is 1. The van der Waals surface area contributed by atoms with Crippen LogP contribution in [0, 0.1) is 5.92 Å². The van der Waals surface area contributed by atoms with E-state index in [2.05, 4.69) is 0 Å². The van der Waals surface area contributed by atoms with E-state index in [-0.39, 0.29) is 36.2 Å². The number of carbonyl (C=O) groups excluding carboxylic acids is 2. The van der Waals surface area contributed by atoms with Crippen molar-refractivity contribution in [3.8, 4) is 0 Å². The number of hydrogen-bond acceptors (Lipinski definition) is 3. The van der Waals surface area contributed by atoms with Crippen molar-refractivity contribution >= 4 is 29.1 Å². The molecule has 2 N–H and O–H groups in total. The Morgan fingerprint density at radius 2 is 2.08 bits per heavy atom. The molecule has 0 aliphatic carbocycles. The van der Waals surface area contributed by atoms with Gasteiger partial charge in [-0.2, -0.15) is 0 Å². The van der Waals surface area contributed by atoms with Crippen molar-refractivity contribution in [3.63, 3.8) is 0 Å². The van der Waals surface area contributed by atoms with Crippen LogP contribution < -0.4 is 10.6 Å². The predicted molar refractivity (Wildman–Crippen MR) is 94.9 cm³/mol. The van der Waals surface area contributed by atoms with Crippen molar-refractivity contribution in [2.75, 3.05) is 18.0 Å². The number of likely N-dealkylation sites (tertiary alicyclic amines) is 1. The van der Waals surface area contributed by atoms with Crippen LogP contribution in [0.2, 0.25) is 5.02 Å². The highest BCUT2D eigenvalue weighted by Crippen LogP contribution is 2.32. The van der Waals surface area contributed by atoms with Gasteiger partial charge in [0.15, 0.2) is 0 Å². The number of benzene rings is 1. The van der Waals surface area contributed by atoms with Crippen molar-refractivity contribution < 1.29 is 9.59 Å². The molecule has 3 atom stereocenters. The van der Waals surface area contributed by atoms with E-state index in [0.29, 0.717) is 17.3 Å². The molecule has 0 bridgehead atoms. The van der Waals surface area contributed by atoms with Crippen LogP contribution in [0.4, 0.5) is 5.69 Å². The summed E-state index contributed by atoms with van der Waals surface area (Å²) in [4.78, 5) is 28.9. The molecular formula is C18H24ClN3O2. The first-order chi connectivity index (χ1) is 11.5. The van der Waals surface area contributed by atoms with E-state index >= 15 is 0 Å². The van der Waals surface area contributed by atoms with Gasteiger partial charge in [-0.05, 0) is 38.3 Å². The second-order valence-electron chi connectivity index (χ2n) is 6.81. The normalized spacial score (nSPS) is 25.9. The molecule has 2 fully saturated rings. The number of amides is 2. The number of anilines is 1. The summed E-state index contributed by atoms with van der Waals surface area (Å²) in [6, 6.07) is 7.28. The molecule has 1 aromatic carbocycles. The number of carbonyl (C=O) groups is 2. The highest BCUT2D eigenvalue weighted by atomic mass is 35.5. The van der Waals surface area contributed by atoms with Crippen LogP contribution in [-0.2, 0) is 9.59 Å². The highest BCUT2D eigenvalue weighted by molar-refractivity contribution is 6.33. The Kier molecular flexibility index (Phi) is 5.11. The Bertz CT molecular complexity index is 634. The number of nitrogens with two attached hydrogens (primary N) is 1. The third-order valence-electron chi connectivity index (χ3n) is 5.06. The molecule has 1 aromatic rings. The zero-order valence-electron chi connectivity index (χ0n) is 14.0. The first kappa shape index (κ1) is 17.2. The maximum absolute atomic E-state index is 13.0. The topological polar surface area (TPSA) is 66.6 Å². The lowest BCUT2D eigenvalue weighted by Gasteiger charge is -2.39. The van der Waals surface area contributed by atoms with Gasteiger partial charge < -0.3 is 15.5 Å². The molecule has 3 rings (SSSR count). The van der Waals surface area contributed by atoms with E-state index in [1.807, 2.05) is 30.0 Å². The Labute approximate surface area is 147 Å². The molecule has 2 heterocycles. The maximum atomic E-state index is 13.0. The molecule has 2 aliphatic heterocycles. The first-order valence-corrected chi connectivity index (χ1v) is 8.98. The van der Waals surface area contributed by atoms with Gasteiger partial charge in [0.25, 0.3) is 0 Å². The molecule has 130 valence electrons. The molecule has 5 nitrogen and oxygen atoms in total. The molecule has 0 aromatic heterocycles. The predicted octanol–water partition coefficient (Wildman–Crippen LogP) is 2.42. The summed E-state index contributed by atoms with van der Waals surface area (Å²) in [7, 11) is 0. The lowest BCUT2D eigenvalue weighted by atomic mass is 9.94. The SMILES string of the molecule is CC(N)C1CCCCN1C(=O)C1CC(=O)N(c2ccccc2Cl)C1. The smallest absolute Gasteiger partial charge is 0.228 e. The van der Waals surface area contributed by atoms with E-state index in [1.165, 1.54) is 0 Å². The highest BCUT2D eigenvalue weighted by Gasteiger charge is 2.40. The van der Waals surface area contributed by atoms with Gasteiger partial charge >= 0.3 is 0 Å². The largest absolute Gasteiger partial charge is 0.338 e. The Morgan fingerprint density at radius 1 is 1.33 bits per heavy atom. The average molecular weight is 350 g/mol. The molecule has 3 unspecified atom stereocenters. The molecule has 6 heteroatoms. The number of hydrogen-bond donors (Lipinski definition) is 1. The second-order valence-corrected chi connectivity index (χ2v) is 7.22. The van der Waals surface area contributed by atoms with Crippen molar-refractivity contribution in [2.24, 2.45) is 11.7 Å². The van der Waals surface area contributed by atoms with Crippen molar-refractivity contribution in [3.05, 3.63) is 29.3 Å². The van der Waals surface area contributed by atoms with Gasteiger partial charge in [0.2, 0.25) is 11.8 Å². The molecule has 0 saturated carbocycles. The van der Waals surface area contributed by atoms with Gasteiger partial charge in [0, 0.05) is 31.6 Å². The van der Waals surface area contributed by atoms with Crippen LogP contribution in [-0.4, -0.2) is 41.9 Å². The Hall–Kier alpha value is -1.59. The monoisotopic (exact) mass is 349 g/mol. The third-order valence-corrected chi connectivity index (χ3v) is 5.38. The number of nitrogens with zero attached hydrogens (tertiary/aromatic N) is 2. The van der Waals surface area contributed by atoms with E-state index in [4.69, 9.17) is 17.3 Å². The molecule has 2 amide bonds. The minimum absolute atomic E-state index is 0.0455. The molecule has 24 heavy (non-hydrogen) atoms. The van der Waals surface area contributed by atoms with Gasteiger partial charge in [0.05, 0.1) is 16.6 Å². The van der Waals surface area contributed by atoms with Gasteiger partial charge in [-0.3, -0.25) is 9.59 Å². The van der Waals surface area contributed by atoms with Gasteiger partial charge in [-0.25, -0.2) is 0 Å². The molecular weight excluding hydrogens is 326 g/mol. The summed E-state index contributed by atoms with van der Waals surface area (Å²) in [6.07, 6.45) is 3.29. The molecule has 0 radical (unpaired) electrons. The van der Waals surface area contributed by atoms with Crippen molar-refractivity contribution in [2.45, 2.75) is 44.7 Å². The quantitative estimate of drug-likeness (QED) is 0.911. The second kappa shape index (κ2) is 7.11. The zero-order chi connectivity index (χ0) is 17.3. The molecule has 0 spiro atoms. The van der Waals surface area contributed by atoms with E-state index in [1.54, 1.807) is 11.0 Å². The fraction of sp³-hybridized carbons (Fsp3) is 0.556. The van der Waals surface area contributed by atoms with Gasteiger partial charge in [0.1, 0.15) is 0 Å². The fourth-order valence-corrected chi connectivity index (χ4v) is 4.03. The summed E-state index contributed by atoms with van der Waals surface area (Å²) >= 11 is 6.20. The van der Waals surface area contributed by atoms with Crippen LogP contribution in [0.1, 0.15) is 32.6 Å². The van der Waals surface area contributed by atoms with E-state index < -0.39 is 0 Å². The van der Waals surface area contributed by atoms with Crippen LogP contribution in [0.15, 0.2) is 24.3 Å². The van der Waals surface area contributed by atoms with Gasteiger partial charge in [-0.1, -0.05) is 23.7 Å². The summed E-state index contributed by atoms with van der Waals surface area (Å²) in [5.41, 5.74) is 6.75. The van der Waals surface area contributed by atoms with Gasteiger partial charge in [-0.15, -0.1) is 0 Å². The van der Waals surface area contributed by atoms with Crippen molar-refractivity contribution in [1.29, 1.82) is 0 Å². The third kappa shape index (κ3) is 3.28.